The van der Waals surface area contributed by atoms with Crippen LogP contribution >= 0.6 is 22.9 Å². The first-order valence-electron chi connectivity index (χ1n) is 16.1. The topological polar surface area (TPSA) is 75.1 Å². The second-order valence-electron chi connectivity index (χ2n) is 12.3. The summed E-state index contributed by atoms with van der Waals surface area (Å²) in [6, 6.07) is 13.3. The number of piperidine rings is 1. The maximum atomic E-state index is 11.6. The number of fused-ring (bicyclic) bond motifs is 1. The van der Waals surface area contributed by atoms with Gasteiger partial charge in [-0.2, -0.15) is 0 Å². The van der Waals surface area contributed by atoms with Crippen molar-refractivity contribution in [2.24, 2.45) is 5.92 Å². The molecular formula is C35H46ClN3O4S. The molecule has 5 rings (SSSR count). The molecule has 2 aliphatic heterocycles. The van der Waals surface area contributed by atoms with Crippen LogP contribution in [0.2, 0.25) is 5.02 Å². The number of para-hydroxylation sites is 1. The Balaban J connectivity index is 1.30. The van der Waals surface area contributed by atoms with Crippen LogP contribution < -0.4 is 9.64 Å². The van der Waals surface area contributed by atoms with Crippen molar-refractivity contribution < 1.29 is 19.4 Å². The van der Waals surface area contributed by atoms with Gasteiger partial charge < -0.3 is 19.5 Å². The molecule has 3 heterocycles. The van der Waals surface area contributed by atoms with Gasteiger partial charge in [0.15, 0.2) is 5.13 Å². The average Bonchev–Trinajstić information content (AvgIpc) is 3.46. The van der Waals surface area contributed by atoms with Gasteiger partial charge in [0, 0.05) is 50.3 Å². The molecule has 1 fully saturated rings. The molecule has 1 N–H and O–H groups in total. The summed E-state index contributed by atoms with van der Waals surface area (Å²) in [5, 5.41) is 13.0. The summed E-state index contributed by atoms with van der Waals surface area (Å²) >= 11 is 8.24. The van der Waals surface area contributed by atoms with Gasteiger partial charge in [-0.3, -0.25) is 9.69 Å². The summed E-state index contributed by atoms with van der Waals surface area (Å²) in [5.74, 6) is -0.221. The number of ether oxygens (including phenoxy) is 2. The molecule has 238 valence electrons. The maximum absolute atomic E-state index is 11.6. The number of benzene rings is 2. The third-order valence-corrected chi connectivity index (χ3v) is 10.4. The monoisotopic (exact) mass is 639 g/mol. The predicted molar refractivity (Wildman–Crippen MR) is 179 cm³/mol. The molecule has 7 nitrogen and oxygen atoms in total. The lowest BCUT2D eigenvalue weighted by Gasteiger charge is -2.35. The van der Waals surface area contributed by atoms with E-state index in [4.69, 9.17) is 26.1 Å². The van der Waals surface area contributed by atoms with Gasteiger partial charge in [-0.05, 0) is 60.4 Å². The quantitative estimate of drug-likeness (QED) is 0.216. The molecule has 2 aromatic carbocycles. The molecule has 44 heavy (non-hydrogen) atoms. The molecule has 0 radical (unpaired) electrons. The molecule has 9 heteroatoms. The normalized spacial score (nSPS) is 20.9. The van der Waals surface area contributed by atoms with Crippen molar-refractivity contribution in [2.45, 2.75) is 84.0 Å². The minimum Gasteiger partial charge on any atom is -0.487 e. The first-order chi connectivity index (χ1) is 21.3. The third kappa shape index (κ3) is 7.41. The van der Waals surface area contributed by atoms with Gasteiger partial charge in [-0.1, -0.05) is 69.5 Å². The first kappa shape index (κ1) is 32.7. The molecule has 3 atom stereocenters. The third-order valence-electron chi connectivity index (χ3n) is 9.25. The van der Waals surface area contributed by atoms with Gasteiger partial charge >= 0.3 is 5.97 Å². The van der Waals surface area contributed by atoms with E-state index in [9.17, 15) is 9.90 Å². The summed E-state index contributed by atoms with van der Waals surface area (Å²) < 4.78 is 12.0. The number of halogens is 1. The van der Waals surface area contributed by atoms with Gasteiger partial charge in [0.05, 0.1) is 22.7 Å². The Morgan fingerprint density at radius 2 is 1.95 bits per heavy atom. The van der Waals surface area contributed by atoms with E-state index in [2.05, 4.69) is 48.8 Å². The molecule has 1 aromatic heterocycles. The molecule has 0 spiro atoms. The zero-order valence-corrected chi connectivity index (χ0v) is 28.0. The van der Waals surface area contributed by atoms with Crippen LogP contribution in [0.15, 0.2) is 41.8 Å². The van der Waals surface area contributed by atoms with E-state index in [0.29, 0.717) is 48.8 Å². The molecule has 3 unspecified atom stereocenters. The summed E-state index contributed by atoms with van der Waals surface area (Å²) in [4.78, 5) is 21.4. The second kappa shape index (κ2) is 15.1. The van der Waals surface area contributed by atoms with Crippen molar-refractivity contribution >= 4 is 34.0 Å². The highest BCUT2D eigenvalue weighted by atomic mass is 35.5. The first-order valence-corrected chi connectivity index (χ1v) is 17.3. The number of hydrogen-bond donors (Lipinski definition) is 1. The Labute approximate surface area is 271 Å². The number of carbonyl (C=O) groups is 1. The highest BCUT2D eigenvalue weighted by molar-refractivity contribution is 7.14. The van der Waals surface area contributed by atoms with Crippen LogP contribution in [-0.2, 0) is 22.6 Å². The molecule has 3 aromatic rings. The maximum Gasteiger partial charge on any atom is 0.309 e. The number of hydrogen-bond acceptors (Lipinski definition) is 7. The van der Waals surface area contributed by atoms with Crippen LogP contribution in [0, 0.1) is 5.92 Å². The summed E-state index contributed by atoms with van der Waals surface area (Å²) in [6.07, 6.45) is 6.24. The SMILES string of the molecule is CCCC(CCC)N1CCc2ccc(COc3c(Cl)cccc3-c3csc(N4CCC(C(=O)O)C(OC)C4)n3)cc2C(C)C1. The Bertz CT molecular complexity index is 1410. The summed E-state index contributed by atoms with van der Waals surface area (Å²) in [6.45, 7) is 10.7. The number of aromatic nitrogens is 1. The van der Waals surface area contributed by atoms with Gasteiger partial charge in [-0.25, -0.2) is 4.98 Å². The van der Waals surface area contributed by atoms with Crippen LogP contribution in [0.5, 0.6) is 5.75 Å². The molecule has 0 saturated carbocycles. The van der Waals surface area contributed by atoms with Gasteiger partial charge in [0.2, 0.25) is 0 Å². The molecular weight excluding hydrogens is 594 g/mol. The fourth-order valence-electron chi connectivity index (χ4n) is 6.89. The highest BCUT2D eigenvalue weighted by Crippen LogP contribution is 2.39. The number of aliphatic carboxylic acids is 1. The molecule has 1 saturated heterocycles. The van der Waals surface area contributed by atoms with Crippen LogP contribution in [0.1, 0.15) is 75.5 Å². The lowest BCUT2D eigenvalue weighted by Crippen LogP contribution is -2.47. The number of methoxy groups -OCH3 is 1. The molecule has 0 amide bonds. The Hall–Kier alpha value is -2.65. The van der Waals surface area contributed by atoms with E-state index in [1.54, 1.807) is 7.11 Å². The van der Waals surface area contributed by atoms with Gasteiger partial charge in [0.1, 0.15) is 12.4 Å². The van der Waals surface area contributed by atoms with Crippen LogP contribution in [0.4, 0.5) is 5.13 Å². The average molecular weight is 640 g/mol. The molecule has 2 aliphatic rings. The molecule has 0 aliphatic carbocycles. The van der Waals surface area contributed by atoms with E-state index in [1.807, 2.05) is 23.6 Å². The van der Waals surface area contributed by atoms with Gasteiger partial charge in [0.25, 0.3) is 0 Å². The number of thiazole rings is 1. The number of rotatable bonds is 12. The lowest BCUT2D eigenvalue weighted by atomic mass is 9.93. The van der Waals surface area contributed by atoms with E-state index in [-0.39, 0.29) is 6.10 Å². The lowest BCUT2D eigenvalue weighted by molar-refractivity contribution is -0.147. The number of nitrogens with zero attached hydrogens (tertiary/aromatic N) is 3. The van der Waals surface area contributed by atoms with E-state index in [0.717, 1.165) is 41.5 Å². The largest absolute Gasteiger partial charge is 0.487 e. The van der Waals surface area contributed by atoms with E-state index >= 15 is 0 Å². The Morgan fingerprint density at radius 3 is 2.68 bits per heavy atom. The van der Waals surface area contributed by atoms with Crippen molar-refractivity contribution in [3.05, 3.63) is 63.5 Å². The van der Waals surface area contributed by atoms with Crippen molar-refractivity contribution in [1.29, 1.82) is 0 Å². The fourth-order valence-corrected chi connectivity index (χ4v) is 7.98. The summed E-state index contributed by atoms with van der Waals surface area (Å²) in [5.41, 5.74) is 5.66. The Kier molecular flexibility index (Phi) is 11.2. The van der Waals surface area contributed by atoms with E-state index < -0.39 is 11.9 Å². The smallest absolute Gasteiger partial charge is 0.309 e. The van der Waals surface area contributed by atoms with Crippen LogP contribution in [0.3, 0.4) is 0 Å². The van der Waals surface area contributed by atoms with Crippen LogP contribution in [-0.4, -0.2) is 66.4 Å². The number of carboxylic acid groups (broad SMARTS) is 1. The van der Waals surface area contributed by atoms with Crippen LogP contribution in [0.25, 0.3) is 11.3 Å². The molecule has 0 bridgehead atoms. The standard InChI is InChI=1S/C35H46ClN3O4S/c1-5-8-26(9-6-2)38-16-14-25-13-12-24(18-29(25)23(3)19-38)21-43-33-27(10-7-11-30(33)36)31-22-44-35(37-31)39-17-15-28(34(40)41)32(20-39)42-4/h7,10-13,18,22-23,26,28,32H,5-6,8-9,14-17,19-21H2,1-4H3,(H,40,41). The predicted octanol–water partition coefficient (Wildman–Crippen LogP) is 7.90. The van der Waals surface area contributed by atoms with E-state index in [1.165, 1.54) is 48.1 Å². The minimum absolute atomic E-state index is 0.375. The highest BCUT2D eigenvalue weighted by Gasteiger charge is 2.35. The number of carboxylic acids is 1. The number of anilines is 1. The minimum atomic E-state index is -0.810. The zero-order valence-electron chi connectivity index (χ0n) is 26.4. The van der Waals surface area contributed by atoms with Crippen molar-refractivity contribution in [3.63, 3.8) is 0 Å². The second-order valence-corrected chi connectivity index (χ2v) is 13.5. The van der Waals surface area contributed by atoms with Gasteiger partial charge in [-0.15, -0.1) is 11.3 Å². The summed E-state index contributed by atoms with van der Waals surface area (Å²) in [7, 11) is 1.57. The Morgan fingerprint density at radius 1 is 1.16 bits per heavy atom. The van der Waals surface area contributed by atoms with Crippen molar-refractivity contribution in [1.82, 2.24) is 9.88 Å². The zero-order chi connectivity index (χ0) is 31.2. The fraction of sp³-hybridized carbons (Fsp3) is 0.543. The van der Waals surface area contributed by atoms with Crippen molar-refractivity contribution in [3.8, 4) is 17.0 Å². The van der Waals surface area contributed by atoms with Crippen molar-refractivity contribution in [2.75, 3.05) is 38.2 Å².